The van der Waals surface area contributed by atoms with Gasteiger partial charge in [-0.1, -0.05) is 44.2 Å². The number of halogens is 1. The molecule has 0 N–H and O–H groups in total. The maximum absolute atomic E-state index is 13.7. The molecule has 90 valence electrons. The molecule has 0 radical (unpaired) electrons. The van der Waals surface area contributed by atoms with Crippen molar-refractivity contribution in [1.29, 1.82) is 0 Å². The molecular formula is C11H17FNO2P. The monoisotopic (exact) mass is 245 g/mol. The molecule has 0 spiro atoms. The number of nitrogens with zero attached hydrogens (tertiary/aromatic N) is 1. The molecule has 0 bridgehead atoms. The molecule has 1 rings (SSSR count). The van der Waals surface area contributed by atoms with E-state index in [4.69, 9.17) is 4.52 Å². The molecule has 0 aliphatic rings. The van der Waals surface area contributed by atoms with E-state index >= 15 is 0 Å². The van der Waals surface area contributed by atoms with Crippen LogP contribution in [0.2, 0.25) is 0 Å². The van der Waals surface area contributed by atoms with Crippen LogP contribution in [0.1, 0.15) is 19.4 Å². The average Bonchev–Trinajstić information content (AvgIpc) is 2.29. The third-order valence-electron chi connectivity index (χ3n) is 2.30. The maximum Gasteiger partial charge on any atom is 0.445 e. The Bertz CT molecular complexity index is 354. The van der Waals surface area contributed by atoms with Crippen LogP contribution in [0.25, 0.3) is 0 Å². The van der Waals surface area contributed by atoms with E-state index < -0.39 is 7.83 Å². The summed E-state index contributed by atoms with van der Waals surface area (Å²) in [5.74, 6) is 0. The first-order valence-electron chi connectivity index (χ1n) is 5.33. The van der Waals surface area contributed by atoms with Gasteiger partial charge >= 0.3 is 7.83 Å². The molecule has 0 fully saturated rings. The summed E-state index contributed by atoms with van der Waals surface area (Å²) in [6.45, 7) is 4.28. The smallest absolute Gasteiger partial charge is 0.289 e. The van der Waals surface area contributed by atoms with Gasteiger partial charge in [-0.05, 0) is 5.56 Å². The second kappa shape index (κ2) is 6.14. The Morgan fingerprint density at radius 1 is 1.25 bits per heavy atom. The van der Waals surface area contributed by atoms with E-state index in [1.807, 2.05) is 30.3 Å². The van der Waals surface area contributed by atoms with Crippen molar-refractivity contribution in [3.05, 3.63) is 35.9 Å². The predicted octanol–water partition coefficient (Wildman–Crippen LogP) is 3.62. The minimum atomic E-state index is -4.13. The third-order valence-corrected chi connectivity index (χ3v) is 3.99. The highest BCUT2D eigenvalue weighted by Crippen LogP contribution is 2.52. The summed E-state index contributed by atoms with van der Waals surface area (Å²) >= 11 is 0. The highest BCUT2D eigenvalue weighted by atomic mass is 31.2. The maximum atomic E-state index is 13.7. The third kappa shape index (κ3) is 3.71. The van der Waals surface area contributed by atoms with Crippen molar-refractivity contribution >= 4 is 7.83 Å². The van der Waals surface area contributed by atoms with Gasteiger partial charge in [-0.15, -0.1) is 4.20 Å². The molecule has 0 saturated heterocycles. The zero-order chi connectivity index (χ0) is 12.0. The van der Waals surface area contributed by atoms with Gasteiger partial charge in [0.2, 0.25) is 0 Å². The predicted molar refractivity (Wildman–Crippen MR) is 62.9 cm³/mol. The Balaban J connectivity index is 2.57. The van der Waals surface area contributed by atoms with Crippen molar-refractivity contribution in [1.82, 2.24) is 4.67 Å². The quantitative estimate of drug-likeness (QED) is 0.717. The van der Waals surface area contributed by atoms with Gasteiger partial charge in [0, 0.05) is 13.1 Å². The Labute approximate surface area is 95.8 Å². The van der Waals surface area contributed by atoms with Gasteiger partial charge in [0.15, 0.2) is 0 Å². The van der Waals surface area contributed by atoms with Crippen LogP contribution < -0.4 is 0 Å². The molecule has 1 aromatic rings. The van der Waals surface area contributed by atoms with E-state index in [2.05, 4.69) is 0 Å². The fraction of sp³-hybridized carbons (Fsp3) is 0.455. The van der Waals surface area contributed by atoms with Gasteiger partial charge in [0.25, 0.3) is 0 Å². The molecule has 0 aliphatic carbocycles. The second-order valence-electron chi connectivity index (χ2n) is 3.35. The fourth-order valence-corrected chi connectivity index (χ4v) is 2.52. The van der Waals surface area contributed by atoms with Gasteiger partial charge < -0.3 is 0 Å². The van der Waals surface area contributed by atoms with E-state index in [1.54, 1.807) is 13.8 Å². The van der Waals surface area contributed by atoms with Crippen molar-refractivity contribution in [2.45, 2.75) is 20.5 Å². The Morgan fingerprint density at radius 2 is 1.81 bits per heavy atom. The lowest BCUT2D eigenvalue weighted by atomic mass is 10.2. The first kappa shape index (κ1) is 13.4. The van der Waals surface area contributed by atoms with Crippen LogP contribution in [-0.4, -0.2) is 17.8 Å². The van der Waals surface area contributed by atoms with Crippen LogP contribution in [0.3, 0.4) is 0 Å². The molecule has 0 saturated carbocycles. The standard InChI is InChI=1S/C11H17FNO2P/c1-3-13(4-2)16(12,14)15-10-11-8-6-5-7-9-11/h5-9H,3-4,10H2,1-2H3. The van der Waals surface area contributed by atoms with Crippen LogP contribution in [0.5, 0.6) is 0 Å². The largest absolute Gasteiger partial charge is 0.445 e. The molecule has 1 unspecified atom stereocenters. The van der Waals surface area contributed by atoms with E-state index in [-0.39, 0.29) is 6.61 Å². The van der Waals surface area contributed by atoms with Crippen LogP contribution in [0, 0.1) is 0 Å². The summed E-state index contributed by atoms with van der Waals surface area (Å²) < 4.78 is 31.4. The summed E-state index contributed by atoms with van der Waals surface area (Å²) in [7, 11) is -4.13. The molecule has 3 nitrogen and oxygen atoms in total. The van der Waals surface area contributed by atoms with Gasteiger partial charge in [-0.3, -0.25) is 4.52 Å². The molecular weight excluding hydrogens is 228 g/mol. The normalized spacial score (nSPS) is 15.0. The summed E-state index contributed by atoms with van der Waals surface area (Å²) in [5, 5.41) is 0. The van der Waals surface area contributed by atoms with Crippen molar-refractivity contribution < 1.29 is 13.3 Å². The summed E-state index contributed by atoms with van der Waals surface area (Å²) in [4.78, 5) is 0. The minimum Gasteiger partial charge on any atom is -0.289 e. The van der Waals surface area contributed by atoms with Crippen LogP contribution in [0.15, 0.2) is 30.3 Å². The van der Waals surface area contributed by atoms with Crippen LogP contribution >= 0.6 is 7.83 Å². The lowest BCUT2D eigenvalue weighted by Gasteiger charge is -2.21. The Hall–Kier alpha value is -0.700. The molecule has 1 aromatic carbocycles. The van der Waals surface area contributed by atoms with Gasteiger partial charge in [0.1, 0.15) is 0 Å². The lowest BCUT2D eigenvalue weighted by molar-refractivity contribution is 0.225. The van der Waals surface area contributed by atoms with E-state index in [1.165, 1.54) is 4.67 Å². The molecule has 16 heavy (non-hydrogen) atoms. The molecule has 1 atom stereocenters. The molecule has 0 amide bonds. The average molecular weight is 245 g/mol. The molecule has 0 aliphatic heterocycles. The highest BCUT2D eigenvalue weighted by molar-refractivity contribution is 7.50. The van der Waals surface area contributed by atoms with Gasteiger partial charge in [0.05, 0.1) is 6.61 Å². The van der Waals surface area contributed by atoms with Gasteiger partial charge in [-0.2, -0.15) is 0 Å². The van der Waals surface area contributed by atoms with Crippen LogP contribution in [-0.2, 0) is 15.7 Å². The highest BCUT2D eigenvalue weighted by Gasteiger charge is 2.29. The number of hydrogen-bond donors (Lipinski definition) is 0. The molecule has 0 aromatic heterocycles. The Morgan fingerprint density at radius 3 is 2.31 bits per heavy atom. The van der Waals surface area contributed by atoms with Gasteiger partial charge in [-0.25, -0.2) is 9.24 Å². The van der Waals surface area contributed by atoms with Crippen molar-refractivity contribution in [2.24, 2.45) is 0 Å². The van der Waals surface area contributed by atoms with E-state index in [0.717, 1.165) is 5.56 Å². The zero-order valence-corrected chi connectivity index (χ0v) is 10.5. The summed E-state index contributed by atoms with van der Waals surface area (Å²) in [5.41, 5.74) is 0.813. The van der Waals surface area contributed by atoms with E-state index in [0.29, 0.717) is 13.1 Å². The fourth-order valence-electron chi connectivity index (χ4n) is 1.37. The molecule has 0 heterocycles. The first-order valence-corrected chi connectivity index (χ1v) is 6.80. The second-order valence-corrected chi connectivity index (χ2v) is 5.08. The van der Waals surface area contributed by atoms with Crippen molar-refractivity contribution in [2.75, 3.05) is 13.1 Å². The lowest BCUT2D eigenvalue weighted by Crippen LogP contribution is -2.18. The summed E-state index contributed by atoms with van der Waals surface area (Å²) in [6, 6.07) is 9.14. The number of hydrogen-bond acceptors (Lipinski definition) is 2. The van der Waals surface area contributed by atoms with Crippen LogP contribution in [0.4, 0.5) is 4.20 Å². The first-order chi connectivity index (χ1) is 7.60. The molecule has 5 heteroatoms. The minimum absolute atomic E-state index is 0.0329. The SMILES string of the molecule is CCN(CC)P(=O)(F)OCc1ccccc1. The summed E-state index contributed by atoms with van der Waals surface area (Å²) in [6.07, 6.45) is 0. The topological polar surface area (TPSA) is 29.5 Å². The Kier molecular flexibility index (Phi) is 5.13. The van der Waals surface area contributed by atoms with Crippen molar-refractivity contribution in [3.63, 3.8) is 0 Å². The number of rotatable bonds is 6. The zero-order valence-electron chi connectivity index (χ0n) is 9.60. The van der Waals surface area contributed by atoms with E-state index in [9.17, 15) is 8.76 Å². The van der Waals surface area contributed by atoms with Crippen molar-refractivity contribution in [3.8, 4) is 0 Å². The number of benzene rings is 1.